The molecule has 5 heteroatoms. The number of hydrogen-bond donors (Lipinski definition) is 0. The maximum absolute atomic E-state index is 10.9. The van der Waals surface area contributed by atoms with Crippen molar-refractivity contribution in [3.63, 3.8) is 0 Å². The number of unbranched alkanes of at least 4 members (excludes halogenated alkanes) is 1. The zero-order chi connectivity index (χ0) is 21.9. The lowest BCUT2D eigenvalue weighted by atomic mass is 10.1. The lowest BCUT2D eigenvalue weighted by molar-refractivity contribution is -0.384. The van der Waals surface area contributed by atoms with Gasteiger partial charge >= 0.3 is 0 Å². The van der Waals surface area contributed by atoms with E-state index in [9.17, 15) is 10.1 Å². The van der Waals surface area contributed by atoms with Crippen molar-refractivity contribution in [2.45, 2.75) is 32.6 Å². The number of nitro groups is 1. The molecule has 1 heterocycles. The van der Waals surface area contributed by atoms with Crippen molar-refractivity contribution < 1.29 is 9.66 Å². The molecule has 0 spiro atoms. The number of rotatable bonds is 11. The van der Waals surface area contributed by atoms with Crippen molar-refractivity contribution in [3.05, 3.63) is 105 Å². The Morgan fingerprint density at radius 2 is 1.74 bits per heavy atom. The molecular formula is C26H28N2O3. The molecule has 3 rings (SSSR count). The molecule has 160 valence electrons. The molecule has 0 aliphatic heterocycles. The Morgan fingerprint density at radius 3 is 2.55 bits per heavy atom. The minimum atomic E-state index is -0.390. The van der Waals surface area contributed by atoms with Crippen LogP contribution < -0.4 is 0 Å². The van der Waals surface area contributed by atoms with Gasteiger partial charge in [-0.1, -0.05) is 54.1 Å². The molecule has 2 aromatic carbocycles. The fourth-order valence-electron chi connectivity index (χ4n) is 3.22. The van der Waals surface area contributed by atoms with E-state index in [1.54, 1.807) is 12.1 Å². The Hall–Kier alpha value is -3.31. The summed E-state index contributed by atoms with van der Waals surface area (Å²) in [4.78, 5) is 15.1. The van der Waals surface area contributed by atoms with E-state index >= 15 is 0 Å². The van der Waals surface area contributed by atoms with Gasteiger partial charge in [0.2, 0.25) is 0 Å². The number of non-ortho nitro benzene ring substituents is 1. The van der Waals surface area contributed by atoms with Gasteiger partial charge in [0.15, 0.2) is 0 Å². The van der Waals surface area contributed by atoms with Gasteiger partial charge in [0.25, 0.3) is 5.69 Å². The lowest BCUT2D eigenvalue weighted by Gasteiger charge is -2.05. The Bertz CT molecular complexity index is 1010. The first-order valence-corrected chi connectivity index (χ1v) is 10.6. The number of ether oxygens (including phenoxy) is 1. The highest BCUT2D eigenvalue weighted by Crippen LogP contribution is 2.15. The molecule has 0 saturated heterocycles. The second-order valence-electron chi connectivity index (χ2n) is 7.54. The fourth-order valence-corrected chi connectivity index (χ4v) is 3.22. The van der Waals surface area contributed by atoms with Crippen molar-refractivity contribution in [2.75, 3.05) is 13.2 Å². The van der Waals surface area contributed by atoms with Crippen molar-refractivity contribution in [2.24, 2.45) is 0 Å². The summed E-state index contributed by atoms with van der Waals surface area (Å²) in [7, 11) is 0. The Morgan fingerprint density at radius 1 is 0.935 bits per heavy atom. The average molecular weight is 417 g/mol. The molecule has 31 heavy (non-hydrogen) atoms. The molecule has 0 saturated carbocycles. The summed E-state index contributed by atoms with van der Waals surface area (Å²) >= 11 is 0. The largest absolute Gasteiger partial charge is 0.381 e. The van der Waals surface area contributed by atoms with E-state index in [0.717, 1.165) is 49.2 Å². The number of nitro benzene ring substituents is 1. The van der Waals surface area contributed by atoms with Crippen LogP contribution >= 0.6 is 0 Å². The maximum Gasteiger partial charge on any atom is 0.270 e. The highest BCUT2D eigenvalue weighted by atomic mass is 16.6. The standard InChI is InChI=1S/C26H28N2O3/c1-21-11-13-22(14-12-21)6-2-3-18-31-19-17-25-9-5-8-24(27-25)16-15-23-7-4-10-26(20-23)28(29)30/h4-5,7-16,20H,2-3,6,17-19H2,1H3/b16-15+. The van der Waals surface area contributed by atoms with Gasteiger partial charge in [-0.25, -0.2) is 0 Å². The zero-order valence-electron chi connectivity index (χ0n) is 17.9. The molecule has 3 aromatic rings. The smallest absolute Gasteiger partial charge is 0.270 e. The molecule has 0 aliphatic rings. The summed E-state index contributed by atoms with van der Waals surface area (Å²) in [5.41, 5.74) is 5.33. The molecule has 0 N–H and O–H groups in total. The van der Waals surface area contributed by atoms with Crippen molar-refractivity contribution >= 4 is 17.8 Å². The zero-order valence-corrected chi connectivity index (χ0v) is 17.9. The molecule has 0 unspecified atom stereocenters. The number of aryl methyl sites for hydroxylation is 2. The normalized spacial score (nSPS) is 11.1. The van der Waals surface area contributed by atoms with Gasteiger partial charge in [0.1, 0.15) is 0 Å². The predicted molar refractivity (Wildman–Crippen MR) is 125 cm³/mol. The Kier molecular flexibility index (Phi) is 8.49. The van der Waals surface area contributed by atoms with E-state index in [1.165, 1.54) is 17.2 Å². The monoisotopic (exact) mass is 416 g/mol. The third-order valence-electron chi connectivity index (χ3n) is 4.98. The molecule has 0 radical (unpaired) electrons. The van der Waals surface area contributed by atoms with E-state index in [2.05, 4.69) is 36.2 Å². The van der Waals surface area contributed by atoms with Gasteiger partial charge in [-0.15, -0.1) is 0 Å². The van der Waals surface area contributed by atoms with Gasteiger partial charge in [0, 0.05) is 30.9 Å². The topological polar surface area (TPSA) is 65.3 Å². The van der Waals surface area contributed by atoms with E-state index in [-0.39, 0.29) is 5.69 Å². The van der Waals surface area contributed by atoms with Crippen LogP contribution in [0.1, 0.15) is 40.9 Å². The molecule has 1 aromatic heterocycles. The first-order valence-electron chi connectivity index (χ1n) is 10.6. The van der Waals surface area contributed by atoms with Gasteiger partial charge in [-0.05, 0) is 55.5 Å². The van der Waals surface area contributed by atoms with Crippen LogP contribution in [0.15, 0.2) is 66.7 Å². The number of nitrogens with zero attached hydrogens (tertiary/aromatic N) is 2. The van der Waals surface area contributed by atoms with E-state index in [1.807, 2.05) is 36.4 Å². The number of pyridine rings is 1. The molecular weight excluding hydrogens is 388 g/mol. The summed E-state index contributed by atoms with van der Waals surface area (Å²) < 4.78 is 5.78. The van der Waals surface area contributed by atoms with Gasteiger partial charge in [0.05, 0.1) is 17.2 Å². The quantitative estimate of drug-likeness (QED) is 0.217. The summed E-state index contributed by atoms with van der Waals surface area (Å²) in [5.74, 6) is 0. The third-order valence-corrected chi connectivity index (χ3v) is 4.98. The van der Waals surface area contributed by atoms with Gasteiger partial charge in [-0.2, -0.15) is 0 Å². The summed E-state index contributed by atoms with van der Waals surface area (Å²) in [6, 6.07) is 21.1. The number of hydrogen-bond acceptors (Lipinski definition) is 4. The van der Waals surface area contributed by atoms with Crippen LogP contribution in [0, 0.1) is 17.0 Å². The first kappa shape index (κ1) is 22.4. The second-order valence-corrected chi connectivity index (χ2v) is 7.54. The van der Waals surface area contributed by atoms with Crippen LogP contribution in [0.2, 0.25) is 0 Å². The fraction of sp³-hybridized carbons (Fsp3) is 0.269. The minimum Gasteiger partial charge on any atom is -0.381 e. The van der Waals surface area contributed by atoms with Crippen LogP contribution in [0.3, 0.4) is 0 Å². The minimum absolute atomic E-state index is 0.0832. The van der Waals surface area contributed by atoms with Crippen LogP contribution in [0.5, 0.6) is 0 Å². The van der Waals surface area contributed by atoms with Gasteiger partial charge < -0.3 is 4.74 Å². The number of benzene rings is 2. The average Bonchev–Trinajstić information content (AvgIpc) is 2.79. The maximum atomic E-state index is 10.9. The molecule has 5 nitrogen and oxygen atoms in total. The second kappa shape index (κ2) is 11.8. The summed E-state index contributed by atoms with van der Waals surface area (Å²) in [6.07, 6.45) is 7.73. The molecule has 0 atom stereocenters. The van der Waals surface area contributed by atoms with E-state index < -0.39 is 4.92 Å². The van der Waals surface area contributed by atoms with Crippen LogP contribution in [0.25, 0.3) is 12.2 Å². The predicted octanol–water partition coefficient (Wildman–Crippen LogP) is 6.05. The van der Waals surface area contributed by atoms with E-state index in [0.29, 0.717) is 6.61 Å². The van der Waals surface area contributed by atoms with E-state index in [4.69, 9.17) is 4.74 Å². The molecule has 0 amide bonds. The van der Waals surface area contributed by atoms with Crippen LogP contribution in [-0.4, -0.2) is 23.1 Å². The molecule has 0 fully saturated rings. The Balaban J connectivity index is 1.38. The Labute approximate surface area is 183 Å². The lowest BCUT2D eigenvalue weighted by Crippen LogP contribution is -2.02. The summed E-state index contributed by atoms with van der Waals surface area (Å²) in [6.45, 7) is 3.52. The highest BCUT2D eigenvalue weighted by molar-refractivity contribution is 5.69. The SMILES string of the molecule is Cc1ccc(CCCCOCCc2cccc(/C=C/c3cccc([N+](=O)[O-])c3)n2)cc1. The van der Waals surface area contributed by atoms with Gasteiger partial charge in [-0.3, -0.25) is 15.1 Å². The third kappa shape index (κ3) is 7.79. The number of aromatic nitrogens is 1. The highest BCUT2D eigenvalue weighted by Gasteiger charge is 2.04. The molecule has 0 bridgehead atoms. The van der Waals surface area contributed by atoms with Crippen LogP contribution in [-0.2, 0) is 17.6 Å². The summed E-state index contributed by atoms with van der Waals surface area (Å²) in [5, 5.41) is 10.9. The van der Waals surface area contributed by atoms with Crippen molar-refractivity contribution in [1.29, 1.82) is 0 Å². The first-order chi connectivity index (χ1) is 15.1. The van der Waals surface area contributed by atoms with Crippen LogP contribution in [0.4, 0.5) is 5.69 Å². The van der Waals surface area contributed by atoms with Crippen molar-refractivity contribution in [3.8, 4) is 0 Å². The van der Waals surface area contributed by atoms with Crippen molar-refractivity contribution in [1.82, 2.24) is 4.98 Å². The molecule has 0 aliphatic carbocycles.